The van der Waals surface area contributed by atoms with E-state index >= 15 is 0 Å². The zero-order chi connectivity index (χ0) is 17.9. The molecule has 2 aliphatic heterocycles. The van der Waals surface area contributed by atoms with E-state index in [4.69, 9.17) is 19.9 Å². The third kappa shape index (κ3) is 1.58. The maximum atomic E-state index is 10.1. The third-order valence-corrected chi connectivity index (χ3v) is 5.42. The molecule has 1 spiro atoms. The summed E-state index contributed by atoms with van der Waals surface area (Å²) in [6.07, 6.45) is -0.205. The Bertz CT molecular complexity index is 857. The number of benzene rings is 1. The van der Waals surface area contributed by atoms with Crippen LogP contribution in [-0.2, 0) is 9.47 Å². The van der Waals surface area contributed by atoms with Crippen LogP contribution in [0.1, 0.15) is 25.3 Å². The van der Waals surface area contributed by atoms with Gasteiger partial charge in [0.1, 0.15) is 5.75 Å². The molecule has 7 nitrogen and oxygen atoms in total. The van der Waals surface area contributed by atoms with Gasteiger partial charge in [0.2, 0.25) is 0 Å². The van der Waals surface area contributed by atoms with E-state index in [1.165, 1.54) is 0 Å². The van der Waals surface area contributed by atoms with Crippen LogP contribution in [0.3, 0.4) is 0 Å². The van der Waals surface area contributed by atoms with Crippen LogP contribution in [0, 0.1) is 33.5 Å². The summed E-state index contributed by atoms with van der Waals surface area (Å²) in [5.74, 6) is -1.06. The Balaban J connectivity index is 1.91. The zero-order valence-corrected chi connectivity index (χ0v) is 14.1. The van der Waals surface area contributed by atoms with E-state index in [0.717, 1.165) is 5.56 Å². The van der Waals surface area contributed by atoms with Gasteiger partial charge in [0.25, 0.3) is 5.84 Å². The SMILES string of the molecule is CCOc1ccccc1[C@H]1[C@@]2(C#N)[C@@]3([NH+]=C(N)[C@@]12C#N)OC[C@H](C)O3. The molecule has 1 saturated carbocycles. The average Bonchev–Trinajstić information content (AvgIpc) is 2.99. The van der Waals surface area contributed by atoms with E-state index in [1.807, 2.05) is 38.1 Å². The van der Waals surface area contributed by atoms with Crippen LogP contribution in [0.5, 0.6) is 5.75 Å². The van der Waals surface area contributed by atoms with Crippen LogP contribution < -0.4 is 15.5 Å². The number of para-hydroxylation sites is 1. The van der Waals surface area contributed by atoms with Crippen LogP contribution in [0.15, 0.2) is 24.3 Å². The first-order valence-corrected chi connectivity index (χ1v) is 8.30. The molecule has 2 fully saturated rings. The maximum Gasteiger partial charge on any atom is 0.343 e. The van der Waals surface area contributed by atoms with Gasteiger partial charge in [0, 0.05) is 5.56 Å². The van der Waals surface area contributed by atoms with Crippen molar-refractivity contribution in [3.63, 3.8) is 0 Å². The highest BCUT2D eigenvalue weighted by Crippen LogP contribution is 2.79. The second-order valence-corrected chi connectivity index (χ2v) is 6.64. The van der Waals surface area contributed by atoms with Crippen LogP contribution in [0.25, 0.3) is 0 Å². The van der Waals surface area contributed by atoms with Crippen molar-refractivity contribution in [2.75, 3.05) is 13.2 Å². The van der Waals surface area contributed by atoms with Gasteiger partial charge in [-0.3, -0.25) is 5.73 Å². The van der Waals surface area contributed by atoms with Crippen molar-refractivity contribution in [3.05, 3.63) is 29.8 Å². The van der Waals surface area contributed by atoms with Crippen molar-refractivity contribution in [1.82, 2.24) is 0 Å². The van der Waals surface area contributed by atoms with E-state index in [0.29, 0.717) is 19.0 Å². The lowest BCUT2D eigenvalue weighted by Gasteiger charge is -2.24. The fraction of sp³-hybridized carbons (Fsp3) is 0.500. The number of hydrogen-bond donors (Lipinski definition) is 2. The quantitative estimate of drug-likeness (QED) is 0.784. The lowest BCUT2D eigenvalue weighted by molar-refractivity contribution is -0.677. The summed E-state index contributed by atoms with van der Waals surface area (Å²) in [7, 11) is 0. The molecule has 3 aliphatic rings. The summed E-state index contributed by atoms with van der Waals surface area (Å²) >= 11 is 0. The molecule has 128 valence electrons. The molecule has 2 heterocycles. The van der Waals surface area contributed by atoms with E-state index < -0.39 is 22.7 Å². The highest BCUT2D eigenvalue weighted by Gasteiger charge is 2.98. The van der Waals surface area contributed by atoms with Crippen molar-refractivity contribution in [2.45, 2.75) is 31.8 Å². The Morgan fingerprint density at radius 1 is 1.36 bits per heavy atom. The predicted molar refractivity (Wildman–Crippen MR) is 85.8 cm³/mol. The van der Waals surface area contributed by atoms with Crippen LogP contribution >= 0.6 is 0 Å². The minimum absolute atomic E-state index is 0.205. The summed E-state index contributed by atoms with van der Waals surface area (Å²) in [5.41, 5.74) is 4.49. The summed E-state index contributed by atoms with van der Waals surface area (Å²) in [4.78, 5) is 2.96. The maximum absolute atomic E-state index is 10.1. The lowest BCUT2D eigenvalue weighted by Crippen LogP contribution is -2.90. The van der Waals surface area contributed by atoms with Gasteiger partial charge in [0.15, 0.2) is 10.8 Å². The van der Waals surface area contributed by atoms with Gasteiger partial charge in [-0.1, -0.05) is 18.2 Å². The molecule has 3 N–H and O–H groups in total. The fourth-order valence-corrected chi connectivity index (χ4v) is 4.44. The topological polar surface area (TPSA) is 115 Å². The highest BCUT2D eigenvalue weighted by molar-refractivity contribution is 5.95. The molecule has 0 unspecified atom stereocenters. The van der Waals surface area contributed by atoms with Gasteiger partial charge >= 0.3 is 5.91 Å². The number of amidine groups is 1. The summed E-state index contributed by atoms with van der Waals surface area (Å²) in [6, 6.07) is 12.0. The molecule has 0 radical (unpaired) electrons. The van der Waals surface area contributed by atoms with Gasteiger partial charge in [-0.25, -0.2) is 4.99 Å². The molecule has 25 heavy (non-hydrogen) atoms. The van der Waals surface area contributed by atoms with Gasteiger partial charge in [-0.15, -0.1) is 0 Å². The van der Waals surface area contributed by atoms with Crippen molar-refractivity contribution in [2.24, 2.45) is 16.6 Å². The second kappa shape index (κ2) is 4.95. The monoisotopic (exact) mass is 339 g/mol. The summed E-state index contributed by atoms with van der Waals surface area (Å²) in [5, 5.41) is 20.1. The summed E-state index contributed by atoms with van der Waals surface area (Å²) < 4.78 is 17.5. The van der Waals surface area contributed by atoms with Gasteiger partial charge in [-0.2, -0.15) is 10.5 Å². The number of hydrogen-bond acceptors (Lipinski definition) is 6. The molecular formula is C18H19N4O3+. The Hall–Kier alpha value is -2.61. The van der Waals surface area contributed by atoms with Gasteiger partial charge in [-0.05, 0) is 19.9 Å². The molecule has 0 amide bonds. The zero-order valence-electron chi connectivity index (χ0n) is 14.1. The van der Waals surface area contributed by atoms with Crippen molar-refractivity contribution >= 4 is 5.84 Å². The van der Waals surface area contributed by atoms with Crippen LogP contribution in [0.4, 0.5) is 0 Å². The number of nitrogens with two attached hydrogens (primary N) is 1. The number of rotatable bonds is 3. The van der Waals surface area contributed by atoms with E-state index in [2.05, 4.69) is 17.1 Å². The van der Waals surface area contributed by atoms with Gasteiger partial charge in [0.05, 0.1) is 37.4 Å². The normalized spacial score (nSPS) is 40.9. The first-order valence-electron chi connectivity index (χ1n) is 8.30. The Morgan fingerprint density at radius 2 is 2.12 bits per heavy atom. The standard InChI is InChI=1S/C18H18N4O3/c1-3-23-13-7-5-4-6-12(13)14-16(9-19)15(21)22-18(17(14,16)10-20)24-8-11(2)25-18/h4-7,11,14H,3,8H2,1-2H3,(H2,21,22)/p+1/t11-,14+,16+,17+,18+/m0/s1. The first-order chi connectivity index (χ1) is 12.0. The van der Waals surface area contributed by atoms with Crippen molar-refractivity contribution in [3.8, 4) is 17.9 Å². The number of nitrogens with one attached hydrogen (secondary N) is 1. The largest absolute Gasteiger partial charge is 0.494 e. The Morgan fingerprint density at radius 3 is 2.72 bits per heavy atom. The fourth-order valence-electron chi connectivity index (χ4n) is 4.44. The number of nitriles is 2. The Kier molecular flexibility index (Phi) is 3.15. The molecular weight excluding hydrogens is 320 g/mol. The first kappa shape index (κ1) is 15.9. The molecule has 4 rings (SSSR count). The molecule has 1 saturated heterocycles. The van der Waals surface area contributed by atoms with E-state index in [1.54, 1.807) is 0 Å². The molecule has 5 atom stereocenters. The van der Waals surface area contributed by atoms with Crippen LogP contribution in [0.2, 0.25) is 0 Å². The molecule has 0 bridgehead atoms. The van der Waals surface area contributed by atoms with Crippen LogP contribution in [-0.4, -0.2) is 31.1 Å². The Labute approximate surface area is 145 Å². The smallest absolute Gasteiger partial charge is 0.343 e. The second-order valence-electron chi connectivity index (χ2n) is 6.64. The number of fused-ring (bicyclic) bond motifs is 2. The lowest BCUT2D eigenvalue weighted by atomic mass is 9.93. The minimum atomic E-state index is -1.41. The number of ether oxygens (including phenoxy) is 3. The van der Waals surface area contributed by atoms with E-state index in [-0.39, 0.29) is 11.9 Å². The van der Waals surface area contributed by atoms with E-state index in [9.17, 15) is 10.5 Å². The number of nitrogens with zero attached hydrogens (tertiary/aromatic N) is 2. The molecule has 0 aromatic heterocycles. The average molecular weight is 339 g/mol. The highest BCUT2D eigenvalue weighted by atomic mass is 16.8. The molecule has 1 aromatic carbocycles. The molecule has 1 aliphatic carbocycles. The minimum Gasteiger partial charge on any atom is -0.494 e. The third-order valence-electron chi connectivity index (χ3n) is 5.42. The molecule has 7 heteroatoms. The van der Waals surface area contributed by atoms with Crippen molar-refractivity contribution in [1.29, 1.82) is 10.5 Å². The van der Waals surface area contributed by atoms with Crippen molar-refractivity contribution < 1.29 is 19.2 Å². The summed E-state index contributed by atoms with van der Waals surface area (Å²) in [6.45, 7) is 4.55. The molecule has 1 aromatic rings. The van der Waals surface area contributed by atoms with Gasteiger partial charge < -0.3 is 14.2 Å². The predicted octanol–water partition coefficient (Wildman–Crippen LogP) is -0.257.